The molecule has 31 heavy (non-hydrogen) atoms. The second-order valence-electron chi connectivity index (χ2n) is 7.18. The van der Waals surface area contributed by atoms with E-state index < -0.39 is 0 Å². The number of pyridine rings is 1. The number of anilines is 1. The van der Waals surface area contributed by atoms with Crippen molar-refractivity contribution in [2.75, 3.05) is 4.90 Å². The lowest BCUT2D eigenvalue weighted by Gasteiger charge is -2.26. The summed E-state index contributed by atoms with van der Waals surface area (Å²) in [5, 5.41) is 4.01. The third-order valence-electron chi connectivity index (χ3n) is 5.25. The molecule has 1 aliphatic rings. The summed E-state index contributed by atoms with van der Waals surface area (Å²) in [6, 6.07) is 23.5. The fourth-order valence-electron chi connectivity index (χ4n) is 3.80. The van der Waals surface area contributed by atoms with Crippen LogP contribution in [0.5, 0.6) is 0 Å². The first-order chi connectivity index (χ1) is 15.1. The minimum atomic E-state index is -0.280. The van der Waals surface area contributed by atoms with Crippen LogP contribution in [0.2, 0.25) is 0 Å². The van der Waals surface area contributed by atoms with Gasteiger partial charge in [-0.3, -0.25) is 4.98 Å². The maximum Gasteiger partial charge on any atom is 0.174 e. The first kappa shape index (κ1) is 19.9. The Balaban J connectivity index is 1.59. The number of rotatable bonds is 4. The van der Waals surface area contributed by atoms with Crippen molar-refractivity contribution in [1.29, 1.82) is 0 Å². The molecule has 0 radical (unpaired) electrons. The van der Waals surface area contributed by atoms with Crippen LogP contribution in [0.3, 0.4) is 0 Å². The van der Waals surface area contributed by atoms with E-state index in [0.717, 1.165) is 27.2 Å². The highest BCUT2D eigenvalue weighted by Gasteiger charge is 2.42. The lowest BCUT2D eigenvalue weighted by Crippen LogP contribution is -2.29. The molecule has 7 heteroatoms. The maximum absolute atomic E-state index is 13.3. The van der Waals surface area contributed by atoms with Gasteiger partial charge in [-0.05, 0) is 85.0 Å². The molecular formula is C24H17BrFN3OS. The molecule has 4 nitrogen and oxygen atoms in total. The molecule has 5 rings (SSSR count). The SMILES string of the molecule is Fc1ccc(-c2ccc([C@@H]3[C@@H](c4ccccn4)NC(=S)N3c3ccc(Br)cc3)o2)cc1. The van der Waals surface area contributed by atoms with Gasteiger partial charge >= 0.3 is 0 Å². The molecule has 0 saturated carbocycles. The second kappa shape index (κ2) is 8.24. The summed E-state index contributed by atoms with van der Waals surface area (Å²) in [7, 11) is 0. The fourth-order valence-corrected chi connectivity index (χ4v) is 4.41. The van der Waals surface area contributed by atoms with E-state index in [9.17, 15) is 4.39 Å². The molecule has 154 valence electrons. The van der Waals surface area contributed by atoms with Crippen molar-refractivity contribution >= 4 is 38.9 Å². The minimum absolute atomic E-state index is 0.190. The van der Waals surface area contributed by atoms with Crippen LogP contribution in [0.4, 0.5) is 10.1 Å². The summed E-state index contributed by atoms with van der Waals surface area (Å²) in [4.78, 5) is 6.60. The van der Waals surface area contributed by atoms with E-state index in [2.05, 4.69) is 26.2 Å². The highest BCUT2D eigenvalue weighted by Crippen LogP contribution is 2.43. The topological polar surface area (TPSA) is 41.3 Å². The first-order valence-corrected chi connectivity index (χ1v) is 10.9. The molecule has 0 amide bonds. The molecule has 1 saturated heterocycles. The lowest BCUT2D eigenvalue weighted by molar-refractivity contribution is 0.439. The summed E-state index contributed by atoms with van der Waals surface area (Å²) in [6.45, 7) is 0. The Kier molecular flexibility index (Phi) is 5.29. The number of aromatic nitrogens is 1. The number of furan rings is 1. The van der Waals surface area contributed by atoms with Crippen LogP contribution in [-0.2, 0) is 0 Å². The Hall–Kier alpha value is -3.03. The van der Waals surface area contributed by atoms with E-state index in [1.807, 2.05) is 59.5 Å². The van der Waals surface area contributed by atoms with Gasteiger partial charge in [-0.15, -0.1) is 0 Å². The van der Waals surface area contributed by atoms with Gasteiger partial charge in [0.1, 0.15) is 23.4 Å². The average Bonchev–Trinajstić information content (AvgIpc) is 3.40. The van der Waals surface area contributed by atoms with Crippen LogP contribution < -0.4 is 10.2 Å². The maximum atomic E-state index is 13.3. The van der Waals surface area contributed by atoms with Gasteiger partial charge in [0, 0.05) is 21.9 Å². The Morgan fingerprint density at radius 3 is 2.45 bits per heavy atom. The monoisotopic (exact) mass is 493 g/mol. The van der Waals surface area contributed by atoms with E-state index in [4.69, 9.17) is 16.6 Å². The van der Waals surface area contributed by atoms with E-state index >= 15 is 0 Å². The molecular weight excluding hydrogens is 477 g/mol. The number of hydrogen-bond donors (Lipinski definition) is 1. The van der Waals surface area contributed by atoms with Crippen molar-refractivity contribution in [3.8, 4) is 11.3 Å². The van der Waals surface area contributed by atoms with E-state index in [1.54, 1.807) is 18.3 Å². The lowest BCUT2D eigenvalue weighted by atomic mass is 10.0. The van der Waals surface area contributed by atoms with Gasteiger partial charge in [-0.1, -0.05) is 22.0 Å². The Morgan fingerprint density at radius 2 is 1.74 bits per heavy atom. The molecule has 2 aromatic carbocycles. The number of hydrogen-bond acceptors (Lipinski definition) is 3. The van der Waals surface area contributed by atoms with E-state index in [1.165, 1.54) is 12.1 Å². The molecule has 1 fully saturated rings. The van der Waals surface area contributed by atoms with Crippen molar-refractivity contribution in [2.45, 2.75) is 12.1 Å². The van der Waals surface area contributed by atoms with Crippen molar-refractivity contribution in [2.24, 2.45) is 0 Å². The molecule has 2 aromatic heterocycles. The highest BCUT2D eigenvalue weighted by atomic mass is 79.9. The minimum Gasteiger partial charge on any atom is -0.459 e. The smallest absolute Gasteiger partial charge is 0.174 e. The van der Waals surface area contributed by atoms with Gasteiger partial charge in [-0.2, -0.15) is 0 Å². The molecule has 1 N–H and O–H groups in total. The molecule has 0 unspecified atom stereocenters. The zero-order valence-corrected chi connectivity index (χ0v) is 18.6. The summed E-state index contributed by atoms with van der Waals surface area (Å²) < 4.78 is 20.6. The summed E-state index contributed by atoms with van der Waals surface area (Å²) in [5.74, 6) is 1.13. The third kappa shape index (κ3) is 3.86. The van der Waals surface area contributed by atoms with Gasteiger partial charge in [-0.25, -0.2) is 4.39 Å². The van der Waals surface area contributed by atoms with Crippen LogP contribution in [-0.4, -0.2) is 10.1 Å². The van der Waals surface area contributed by atoms with Crippen molar-refractivity contribution in [3.05, 3.63) is 107 Å². The molecule has 2 atom stereocenters. The number of nitrogens with one attached hydrogen (secondary N) is 1. The van der Waals surface area contributed by atoms with Gasteiger partial charge in [0.2, 0.25) is 0 Å². The van der Waals surface area contributed by atoms with Crippen LogP contribution in [0.1, 0.15) is 23.5 Å². The predicted molar refractivity (Wildman–Crippen MR) is 126 cm³/mol. The normalized spacial score (nSPS) is 18.3. The zero-order chi connectivity index (χ0) is 21.4. The highest BCUT2D eigenvalue weighted by molar-refractivity contribution is 9.10. The standard InChI is InChI=1S/C24H17BrFN3OS/c25-16-6-10-18(11-7-16)29-23(22(28-24(29)31)19-3-1-2-14-27-19)21-13-12-20(30-21)15-4-8-17(26)9-5-15/h1-14,22-23H,(H,28,31)/t22-,23-/m1/s1. The number of halogens is 2. The zero-order valence-electron chi connectivity index (χ0n) is 16.2. The third-order valence-corrected chi connectivity index (χ3v) is 6.09. The van der Waals surface area contributed by atoms with Crippen LogP contribution in [0.25, 0.3) is 11.3 Å². The molecule has 0 aliphatic carbocycles. The number of thiocarbonyl (C=S) groups is 1. The molecule has 0 spiro atoms. The predicted octanol–water partition coefficient (Wildman–Crippen LogP) is 6.42. The van der Waals surface area contributed by atoms with Gasteiger partial charge in [0.15, 0.2) is 5.11 Å². The van der Waals surface area contributed by atoms with Crippen LogP contribution in [0, 0.1) is 5.82 Å². The van der Waals surface area contributed by atoms with Crippen molar-refractivity contribution in [3.63, 3.8) is 0 Å². The summed E-state index contributed by atoms with van der Waals surface area (Å²) >= 11 is 9.21. The molecule has 4 aromatic rings. The molecule has 0 bridgehead atoms. The Morgan fingerprint density at radius 1 is 0.968 bits per heavy atom. The van der Waals surface area contributed by atoms with Crippen LogP contribution in [0.15, 0.2) is 93.9 Å². The Labute approximate surface area is 192 Å². The van der Waals surface area contributed by atoms with Crippen molar-refractivity contribution in [1.82, 2.24) is 10.3 Å². The van der Waals surface area contributed by atoms with Crippen molar-refractivity contribution < 1.29 is 8.81 Å². The van der Waals surface area contributed by atoms with E-state index in [0.29, 0.717) is 10.9 Å². The van der Waals surface area contributed by atoms with Gasteiger partial charge in [0.25, 0.3) is 0 Å². The molecule has 1 aliphatic heterocycles. The van der Waals surface area contributed by atoms with Crippen LogP contribution >= 0.6 is 28.1 Å². The Bertz CT molecular complexity index is 1210. The van der Waals surface area contributed by atoms with Gasteiger partial charge < -0.3 is 14.6 Å². The second-order valence-corrected chi connectivity index (χ2v) is 8.48. The fraction of sp³-hybridized carbons (Fsp3) is 0.0833. The summed E-state index contributed by atoms with van der Waals surface area (Å²) in [5.41, 5.74) is 2.63. The number of benzene rings is 2. The largest absolute Gasteiger partial charge is 0.459 e. The van der Waals surface area contributed by atoms with Gasteiger partial charge in [0.05, 0.1) is 11.7 Å². The van der Waals surface area contributed by atoms with E-state index in [-0.39, 0.29) is 17.9 Å². The average molecular weight is 494 g/mol. The number of nitrogens with zero attached hydrogens (tertiary/aromatic N) is 2. The molecule has 3 heterocycles. The quantitative estimate of drug-likeness (QED) is 0.332. The summed E-state index contributed by atoms with van der Waals surface area (Å²) in [6.07, 6.45) is 1.77. The first-order valence-electron chi connectivity index (χ1n) is 9.72.